The fourth-order valence-corrected chi connectivity index (χ4v) is 1.76. The van der Waals surface area contributed by atoms with Crippen molar-refractivity contribution in [3.63, 3.8) is 0 Å². The molecule has 0 rings (SSSR count). The zero-order valence-corrected chi connectivity index (χ0v) is 7.81. The van der Waals surface area contributed by atoms with Gasteiger partial charge in [0, 0.05) is 26.7 Å². The van der Waals surface area contributed by atoms with Crippen LogP contribution >= 0.6 is 0 Å². The number of rotatable bonds is 4. The van der Waals surface area contributed by atoms with Crippen LogP contribution in [0.1, 0.15) is 21.3 Å². The van der Waals surface area contributed by atoms with E-state index in [0.717, 1.165) is 14.2 Å². The number of halogens is 3. The molecule has 14 heavy (non-hydrogen) atoms. The van der Waals surface area contributed by atoms with E-state index >= 15 is 0 Å². The van der Waals surface area contributed by atoms with Gasteiger partial charge < -0.3 is 13.6 Å². The highest BCUT2D eigenvalue weighted by Gasteiger charge is 2.39. The summed E-state index contributed by atoms with van der Waals surface area (Å²) >= 11 is 0. The van der Waals surface area contributed by atoms with Gasteiger partial charge in [-0.3, -0.25) is 0 Å². The second-order valence-corrected chi connectivity index (χ2v) is 4.98. The van der Waals surface area contributed by atoms with Gasteiger partial charge in [-0.25, -0.2) is 0 Å². The maximum atomic E-state index is 11.7. The van der Waals surface area contributed by atoms with Crippen molar-refractivity contribution in [2.45, 2.75) is 33.5 Å². The normalized spacial score (nSPS) is 11.6. The molecule has 0 aromatic carbocycles. The first-order valence-electron chi connectivity index (χ1n) is 3.22. The van der Waals surface area contributed by atoms with E-state index in [1.54, 1.807) is 0 Å². The van der Waals surface area contributed by atoms with Gasteiger partial charge in [-0.15, -0.1) is 0 Å². The third kappa shape index (κ3) is 8.48. The minimum absolute atomic E-state index is 0. The molecule has 0 aliphatic heterocycles. The Morgan fingerprint density at radius 1 is 1.14 bits per heavy atom. The molecule has 0 bridgehead atoms. The van der Waals surface area contributed by atoms with Gasteiger partial charge in [0.25, 0.3) is 0 Å². The summed E-state index contributed by atoms with van der Waals surface area (Å²) in [5, 5.41) is 0. The molecule has 0 fully saturated rings. The summed E-state index contributed by atoms with van der Waals surface area (Å²) in [5.74, 6) is 0. The van der Waals surface area contributed by atoms with Gasteiger partial charge in [0.15, 0.2) is 0 Å². The molecule has 0 aromatic heterocycles. The van der Waals surface area contributed by atoms with E-state index in [4.69, 9.17) is 0 Å². The molecule has 0 saturated heterocycles. The molecular formula is C7H19F3O3Si. The predicted octanol–water partition coefficient (Wildman–Crippen LogP) is 2.44. The third-order valence-corrected chi connectivity index (χ3v) is 3.52. The van der Waals surface area contributed by atoms with Gasteiger partial charge >= 0.3 is 15.0 Å². The highest BCUT2D eigenvalue weighted by Crippen LogP contribution is 2.25. The minimum atomic E-state index is -4.28. The standard InChI is InChI=1S/C5H11F3O3Si.2CH4/c1-10-12(9,11-2)4-3-5(6,7)8;;/h9H,3-4H2,1-2H3;2*1H4. The quantitative estimate of drug-likeness (QED) is 0.762. The Kier molecular flexibility index (Phi) is 10.0. The summed E-state index contributed by atoms with van der Waals surface area (Å²) in [5.41, 5.74) is 0. The highest BCUT2D eigenvalue weighted by molar-refractivity contribution is 6.59. The fraction of sp³-hybridized carbons (Fsp3) is 1.00. The Balaban J connectivity index is -0.000000605. The molecular weight excluding hydrogens is 217 g/mol. The van der Waals surface area contributed by atoms with Crippen LogP contribution in [0.25, 0.3) is 0 Å². The van der Waals surface area contributed by atoms with Crippen LogP contribution in [0.15, 0.2) is 0 Å². The monoisotopic (exact) mass is 236 g/mol. The summed E-state index contributed by atoms with van der Waals surface area (Å²) in [6.07, 6.45) is -5.37. The number of hydrogen-bond donors (Lipinski definition) is 1. The van der Waals surface area contributed by atoms with E-state index in [-0.39, 0.29) is 14.9 Å². The van der Waals surface area contributed by atoms with Crippen LogP contribution in [0.2, 0.25) is 6.04 Å². The topological polar surface area (TPSA) is 38.7 Å². The molecule has 0 amide bonds. The first-order valence-corrected chi connectivity index (χ1v) is 5.19. The van der Waals surface area contributed by atoms with Gasteiger partial charge in [0.2, 0.25) is 0 Å². The van der Waals surface area contributed by atoms with Crippen molar-refractivity contribution >= 4 is 8.80 Å². The van der Waals surface area contributed by atoms with Crippen molar-refractivity contribution < 1.29 is 26.8 Å². The molecule has 90 valence electrons. The average Bonchev–Trinajstić information content (AvgIpc) is 1.99. The molecule has 0 aliphatic carbocycles. The van der Waals surface area contributed by atoms with Gasteiger partial charge in [-0.2, -0.15) is 13.2 Å². The molecule has 0 heterocycles. The molecule has 3 nitrogen and oxygen atoms in total. The Labute approximate surface area is 84.2 Å². The van der Waals surface area contributed by atoms with E-state index in [0.29, 0.717) is 0 Å². The summed E-state index contributed by atoms with van der Waals surface area (Å²) in [7, 11) is -1.27. The molecule has 0 spiro atoms. The first kappa shape index (κ1) is 19.5. The Morgan fingerprint density at radius 3 is 1.71 bits per heavy atom. The van der Waals surface area contributed by atoms with Gasteiger partial charge in [-0.05, 0) is 0 Å². The summed E-state index contributed by atoms with van der Waals surface area (Å²) in [6, 6.07) is -0.497. The largest absolute Gasteiger partial charge is 0.498 e. The molecule has 0 aromatic rings. The van der Waals surface area contributed by atoms with Gasteiger partial charge in [0.05, 0.1) is 0 Å². The van der Waals surface area contributed by atoms with Crippen LogP contribution in [-0.2, 0) is 8.85 Å². The lowest BCUT2D eigenvalue weighted by Crippen LogP contribution is -2.41. The second-order valence-electron chi connectivity index (χ2n) is 2.24. The third-order valence-electron chi connectivity index (χ3n) is 1.36. The lowest BCUT2D eigenvalue weighted by Gasteiger charge is -2.19. The number of hydrogen-bond acceptors (Lipinski definition) is 3. The van der Waals surface area contributed by atoms with Crippen molar-refractivity contribution in [2.75, 3.05) is 14.2 Å². The minimum Gasteiger partial charge on any atom is -0.390 e. The van der Waals surface area contributed by atoms with E-state index in [2.05, 4.69) is 8.85 Å². The van der Waals surface area contributed by atoms with Crippen LogP contribution in [0.5, 0.6) is 0 Å². The van der Waals surface area contributed by atoms with Crippen molar-refractivity contribution in [1.82, 2.24) is 0 Å². The molecule has 1 N–H and O–H groups in total. The van der Waals surface area contributed by atoms with E-state index in [1.165, 1.54) is 0 Å². The summed E-state index contributed by atoms with van der Waals surface area (Å²) in [6.45, 7) is 0. The molecule has 0 radical (unpaired) electrons. The summed E-state index contributed by atoms with van der Waals surface area (Å²) in [4.78, 5) is 9.19. The van der Waals surface area contributed by atoms with Crippen LogP contribution in [0, 0.1) is 0 Å². The van der Waals surface area contributed by atoms with Crippen LogP contribution in [-0.4, -0.2) is 34.0 Å². The van der Waals surface area contributed by atoms with Crippen molar-refractivity contribution in [3.05, 3.63) is 0 Å². The smallest absolute Gasteiger partial charge is 0.390 e. The zero-order valence-electron chi connectivity index (χ0n) is 6.81. The number of alkyl halides is 3. The molecule has 7 heteroatoms. The Morgan fingerprint density at radius 2 is 1.50 bits per heavy atom. The molecule has 0 atom stereocenters. The first-order chi connectivity index (χ1) is 5.33. The van der Waals surface area contributed by atoms with E-state index in [9.17, 15) is 18.0 Å². The summed E-state index contributed by atoms with van der Waals surface area (Å²) < 4.78 is 43.9. The Bertz CT molecular complexity index is 137. The molecule has 0 aliphatic rings. The second kappa shape index (κ2) is 7.21. The lowest BCUT2D eigenvalue weighted by atomic mass is 10.5. The van der Waals surface area contributed by atoms with Gasteiger partial charge in [-0.1, -0.05) is 14.9 Å². The molecule has 0 saturated carbocycles. The highest BCUT2D eigenvalue weighted by atomic mass is 28.4. The van der Waals surface area contributed by atoms with E-state index in [1.807, 2.05) is 0 Å². The molecule has 0 unspecified atom stereocenters. The van der Waals surface area contributed by atoms with Crippen LogP contribution in [0.3, 0.4) is 0 Å². The Hall–Kier alpha value is -0.113. The lowest BCUT2D eigenvalue weighted by molar-refractivity contribution is -0.132. The predicted molar refractivity (Wildman–Crippen MR) is 50.9 cm³/mol. The van der Waals surface area contributed by atoms with Gasteiger partial charge in [0.1, 0.15) is 0 Å². The van der Waals surface area contributed by atoms with E-state index < -0.39 is 27.4 Å². The van der Waals surface area contributed by atoms with Crippen LogP contribution in [0.4, 0.5) is 13.2 Å². The zero-order chi connectivity index (χ0) is 9.83. The average molecular weight is 236 g/mol. The van der Waals surface area contributed by atoms with Crippen LogP contribution < -0.4 is 0 Å². The maximum Gasteiger partial charge on any atom is 0.498 e. The van der Waals surface area contributed by atoms with Crippen molar-refractivity contribution in [2.24, 2.45) is 0 Å². The maximum absolute atomic E-state index is 11.7. The van der Waals surface area contributed by atoms with Crippen molar-refractivity contribution in [3.8, 4) is 0 Å². The van der Waals surface area contributed by atoms with Crippen molar-refractivity contribution in [1.29, 1.82) is 0 Å². The SMILES string of the molecule is C.C.CO[Si](O)(CCC(F)(F)F)OC. The fourth-order valence-electron chi connectivity index (χ4n) is 0.587.